The topological polar surface area (TPSA) is 52.6 Å². The molecule has 116 valence electrons. The van der Waals surface area contributed by atoms with Crippen LogP contribution in [0.3, 0.4) is 0 Å². The molecule has 3 rings (SSSR count). The molecule has 0 saturated carbocycles. The number of Topliss-reactive ketones (excluding diaryl/α,β-unsaturated/α-hetero) is 1. The van der Waals surface area contributed by atoms with E-state index in [4.69, 9.17) is 9.47 Å². The highest BCUT2D eigenvalue weighted by molar-refractivity contribution is 6.02. The highest BCUT2D eigenvalue weighted by atomic mass is 16.5. The lowest BCUT2D eigenvalue weighted by Gasteiger charge is -2.18. The first kappa shape index (κ1) is 15.0. The Balaban J connectivity index is 1.70. The van der Waals surface area contributed by atoms with E-state index in [1.165, 1.54) is 0 Å². The van der Waals surface area contributed by atoms with Crippen LogP contribution in [0.15, 0.2) is 60.2 Å². The zero-order valence-corrected chi connectivity index (χ0v) is 12.7. The molecule has 1 heterocycles. The first-order valence-electron chi connectivity index (χ1n) is 7.38. The van der Waals surface area contributed by atoms with E-state index in [9.17, 15) is 9.59 Å². The molecule has 0 amide bonds. The maximum atomic E-state index is 12.2. The first-order chi connectivity index (χ1) is 11.1. The maximum absolute atomic E-state index is 12.2. The van der Waals surface area contributed by atoms with Crippen LogP contribution in [0.25, 0.3) is 6.08 Å². The monoisotopic (exact) mass is 308 g/mol. The van der Waals surface area contributed by atoms with Gasteiger partial charge in [-0.3, -0.25) is 4.79 Å². The Labute approximate surface area is 134 Å². The second kappa shape index (κ2) is 6.48. The molecule has 1 aliphatic heterocycles. The van der Waals surface area contributed by atoms with Crippen molar-refractivity contribution in [3.8, 4) is 5.75 Å². The summed E-state index contributed by atoms with van der Waals surface area (Å²) in [6.07, 6.45) is 0.893. The van der Waals surface area contributed by atoms with E-state index in [1.807, 2.05) is 30.3 Å². The van der Waals surface area contributed by atoms with Gasteiger partial charge < -0.3 is 9.47 Å². The minimum atomic E-state index is -0.844. The van der Waals surface area contributed by atoms with Crippen molar-refractivity contribution in [2.75, 3.05) is 6.61 Å². The zero-order chi connectivity index (χ0) is 16.2. The largest absolute Gasteiger partial charge is 0.488 e. The van der Waals surface area contributed by atoms with E-state index in [0.717, 1.165) is 11.3 Å². The molecule has 1 unspecified atom stereocenters. The smallest absolute Gasteiger partial charge is 0.338 e. The van der Waals surface area contributed by atoms with Crippen molar-refractivity contribution in [3.05, 3.63) is 71.3 Å². The Kier molecular flexibility index (Phi) is 4.24. The molecule has 0 N–H and O–H groups in total. The summed E-state index contributed by atoms with van der Waals surface area (Å²) in [4.78, 5) is 24.5. The SMILES string of the molecule is CC(OC(=O)C1=Cc2ccccc2OC1)C(=O)c1ccccc1. The van der Waals surface area contributed by atoms with Crippen LogP contribution in [-0.4, -0.2) is 24.5 Å². The van der Waals surface area contributed by atoms with Gasteiger partial charge in [-0.1, -0.05) is 48.5 Å². The van der Waals surface area contributed by atoms with Crippen LogP contribution in [-0.2, 0) is 9.53 Å². The van der Waals surface area contributed by atoms with Crippen LogP contribution >= 0.6 is 0 Å². The van der Waals surface area contributed by atoms with E-state index in [-0.39, 0.29) is 12.4 Å². The molecular formula is C19H16O4. The average molecular weight is 308 g/mol. The number of ether oxygens (including phenoxy) is 2. The van der Waals surface area contributed by atoms with Crippen molar-refractivity contribution >= 4 is 17.8 Å². The lowest BCUT2D eigenvalue weighted by molar-refractivity contribution is -0.141. The molecule has 0 spiro atoms. The predicted molar refractivity (Wildman–Crippen MR) is 86.2 cm³/mol. The Hall–Kier alpha value is -2.88. The van der Waals surface area contributed by atoms with Crippen molar-refractivity contribution in [1.82, 2.24) is 0 Å². The summed E-state index contributed by atoms with van der Waals surface area (Å²) >= 11 is 0. The number of carbonyl (C=O) groups is 2. The molecule has 0 radical (unpaired) electrons. The second-order valence-corrected chi connectivity index (χ2v) is 5.27. The van der Waals surface area contributed by atoms with Crippen molar-refractivity contribution < 1.29 is 19.1 Å². The van der Waals surface area contributed by atoms with Gasteiger partial charge in [-0.25, -0.2) is 4.79 Å². The molecule has 0 aliphatic carbocycles. The number of para-hydroxylation sites is 1. The summed E-state index contributed by atoms with van der Waals surface area (Å²) in [5, 5.41) is 0. The summed E-state index contributed by atoms with van der Waals surface area (Å²) in [6, 6.07) is 16.2. The van der Waals surface area contributed by atoms with E-state index in [0.29, 0.717) is 11.1 Å². The van der Waals surface area contributed by atoms with Crippen LogP contribution < -0.4 is 4.74 Å². The Morgan fingerprint density at radius 3 is 2.52 bits per heavy atom. The summed E-state index contributed by atoms with van der Waals surface area (Å²) < 4.78 is 10.8. The quantitative estimate of drug-likeness (QED) is 0.642. The summed E-state index contributed by atoms with van der Waals surface area (Å²) in [5.74, 6) is -0.0228. The number of ketones is 1. The number of hydrogen-bond donors (Lipinski definition) is 0. The highest BCUT2D eigenvalue weighted by Crippen LogP contribution is 2.26. The Morgan fingerprint density at radius 1 is 1.04 bits per heavy atom. The van der Waals surface area contributed by atoms with Gasteiger partial charge in [-0.2, -0.15) is 0 Å². The van der Waals surface area contributed by atoms with E-state index >= 15 is 0 Å². The van der Waals surface area contributed by atoms with Gasteiger partial charge in [-0.15, -0.1) is 0 Å². The third kappa shape index (κ3) is 3.31. The minimum absolute atomic E-state index is 0.141. The van der Waals surface area contributed by atoms with Crippen LogP contribution in [0.1, 0.15) is 22.8 Å². The first-order valence-corrected chi connectivity index (χ1v) is 7.38. The van der Waals surface area contributed by atoms with E-state index < -0.39 is 12.1 Å². The van der Waals surface area contributed by atoms with E-state index in [2.05, 4.69) is 0 Å². The molecule has 0 fully saturated rings. The van der Waals surface area contributed by atoms with Crippen molar-refractivity contribution in [1.29, 1.82) is 0 Å². The standard InChI is InChI=1S/C19H16O4/c1-13(18(20)14-7-3-2-4-8-14)23-19(21)16-11-15-9-5-6-10-17(15)22-12-16/h2-11,13H,12H2,1H3. The molecule has 0 bridgehead atoms. The Morgan fingerprint density at radius 2 is 1.74 bits per heavy atom. The van der Waals surface area contributed by atoms with Crippen molar-refractivity contribution in [2.45, 2.75) is 13.0 Å². The van der Waals surface area contributed by atoms with Gasteiger partial charge in [0.15, 0.2) is 6.10 Å². The van der Waals surface area contributed by atoms with Crippen molar-refractivity contribution in [3.63, 3.8) is 0 Å². The fraction of sp³-hybridized carbons (Fsp3) is 0.158. The van der Waals surface area contributed by atoms with Gasteiger partial charge in [0.05, 0.1) is 5.57 Å². The molecule has 4 heteroatoms. The number of fused-ring (bicyclic) bond motifs is 1. The summed E-state index contributed by atoms with van der Waals surface area (Å²) in [6.45, 7) is 1.72. The maximum Gasteiger partial charge on any atom is 0.338 e. The molecule has 23 heavy (non-hydrogen) atoms. The fourth-order valence-electron chi connectivity index (χ4n) is 2.36. The zero-order valence-electron chi connectivity index (χ0n) is 12.7. The van der Waals surface area contributed by atoms with Gasteiger partial charge in [-0.05, 0) is 19.1 Å². The number of rotatable bonds is 4. The van der Waals surface area contributed by atoms with Crippen LogP contribution in [0.4, 0.5) is 0 Å². The summed E-state index contributed by atoms with van der Waals surface area (Å²) in [7, 11) is 0. The Bertz CT molecular complexity index is 762. The molecule has 1 aliphatic rings. The van der Waals surface area contributed by atoms with Crippen LogP contribution in [0, 0.1) is 0 Å². The lowest BCUT2D eigenvalue weighted by Crippen LogP contribution is -2.27. The average Bonchev–Trinajstić information content (AvgIpc) is 2.61. The lowest BCUT2D eigenvalue weighted by atomic mass is 10.1. The number of carbonyl (C=O) groups excluding carboxylic acids is 2. The van der Waals surface area contributed by atoms with Crippen molar-refractivity contribution in [2.24, 2.45) is 0 Å². The van der Waals surface area contributed by atoms with Gasteiger partial charge in [0, 0.05) is 11.1 Å². The number of benzene rings is 2. The van der Waals surface area contributed by atoms with Gasteiger partial charge in [0.25, 0.3) is 0 Å². The highest BCUT2D eigenvalue weighted by Gasteiger charge is 2.23. The fourth-order valence-corrected chi connectivity index (χ4v) is 2.36. The molecule has 0 aromatic heterocycles. The van der Waals surface area contributed by atoms with E-state index in [1.54, 1.807) is 37.3 Å². The van der Waals surface area contributed by atoms with Gasteiger partial charge in [0.2, 0.25) is 5.78 Å². The third-order valence-corrected chi connectivity index (χ3v) is 3.61. The third-order valence-electron chi connectivity index (χ3n) is 3.61. The number of hydrogen-bond acceptors (Lipinski definition) is 4. The molecule has 2 aromatic rings. The molecule has 1 atom stereocenters. The second-order valence-electron chi connectivity index (χ2n) is 5.27. The van der Waals surface area contributed by atoms with Crippen LogP contribution in [0.2, 0.25) is 0 Å². The van der Waals surface area contributed by atoms with Gasteiger partial charge in [0.1, 0.15) is 12.4 Å². The molecule has 0 saturated heterocycles. The normalized spacial score (nSPS) is 14.0. The minimum Gasteiger partial charge on any atom is -0.488 e. The summed E-state index contributed by atoms with van der Waals surface area (Å²) in [5.41, 5.74) is 1.75. The van der Waals surface area contributed by atoms with Crippen LogP contribution in [0.5, 0.6) is 5.75 Å². The molecule has 4 nitrogen and oxygen atoms in total. The molecule has 2 aromatic carbocycles. The number of esters is 1. The molecular weight excluding hydrogens is 292 g/mol. The van der Waals surface area contributed by atoms with Gasteiger partial charge >= 0.3 is 5.97 Å². The predicted octanol–water partition coefficient (Wildman–Crippen LogP) is 3.28.